The standard InChI is InChI=1S/C13H15BrN2O3S/c1-9-7-10(14)3-5-12(9)16-8-11-4-6-13(19-11)20(17,18)15-2/h3-7,15-16H,8H2,1-2H3. The van der Waals surface area contributed by atoms with Gasteiger partial charge in [-0.1, -0.05) is 15.9 Å². The van der Waals surface area contributed by atoms with Crippen molar-refractivity contribution in [3.8, 4) is 0 Å². The van der Waals surface area contributed by atoms with E-state index in [4.69, 9.17) is 4.42 Å². The third kappa shape index (κ3) is 3.41. The molecule has 5 nitrogen and oxygen atoms in total. The summed E-state index contributed by atoms with van der Waals surface area (Å²) in [5.41, 5.74) is 2.07. The third-order valence-corrected chi connectivity index (χ3v) is 4.59. The van der Waals surface area contributed by atoms with Gasteiger partial charge in [0.25, 0.3) is 10.0 Å². The van der Waals surface area contributed by atoms with Gasteiger partial charge in [-0.3, -0.25) is 0 Å². The Labute approximate surface area is 126 Å². The SMILES string of the molecule is CNS(=O)(=O)c1ccc(CNc2ccc(Br)cc2C)o1. The molecule has 0 radical (unpaired) electrons. The fourth-order valence-electron chi connectivity index (χ4n) is 1.71. The second-order valence-corrected chi connectivity index (χ2v) is 6.97. The zero-order chi connectivity index (χ0) is 14.8. The molecule has 0 aliphatic heterocycles. The minimum Gasteiger partial charge on any atom is -0.446 e. The van der Waals surface area contributed by atoms with Crippen LogP contribution >= 0.6 is 15.9 Å². The smallest absolute Gasteiger partial charge is 0.273 e. The first kappa shape index (κ1) is 15.1. The van der Waals surface area contributed by atoms with Gasteiger partial charge < -0.3 is 9.73 Å². The Morgan fingerprint density at radius 1 is 1.25 bits per heavy atom. The number of hydrogen-bond donors (Lipinski definition) is 2. The number of aryl methyl sites for hydroxylation is 1. The summed E-state index contributed by atoms with van der Waals surface area (Å²) in [6, 6.07) is 8.98. The largest absolute Gasteiger partial charge is 0.446 e. The predicted octanol–water partition coefficient (Wildman–Crippen LogP) is 2.87. The van der Waals surface area contributed by atoms with Crippen LogP contribution in [-0.2, 0) is 16.6 Å². The zero-order valence-corrected chi connectivity index (χ0v) is 13.5. The Morgan fingerprint density at radius 3 is 2.65 bits per heavy atom. The molecular formula is C13H15BrN2O3S. The maximum absolute atomic E-state index is 11.5. The first-order chi connectivity index (χ1) is 9.42. The fourth-order valence-corrected chi connectivity index (χ4v) is 2.85. The van der Waals surface area contributed by atoms with Crippen molar-refractivity contribution in [2.45, 2.75) is 18.6 Å². The molecule has 0 spiro atoms. The van der Waals surface area contributed by atoms with E-state index in [0.717, 1.165) is 15.7 Å². The van der Waals surface area contributed by atoms with Gasteiger partial charge >= 0.3 is 0 Å². The Balaban J connectivity index is 2.08. The van der Waals surface area contributed by atoms with Gasteiger partial charge in [-0.2, -0.15) is 0 Å². The second kappa shape index (κ2) is 5.99. The normalized spacial score (nSPS) is 11.6. The molecule has 108 valence electrons. The lowest BCUT2D eigenvalue weighted by Crippen LogP contribution is -2.17. The average molecular weight is 359 g/mol. The number of sulfonamides is 1. The Hall–Kier alpha value is -1.31. The van der Waals surface area contributed by atoms with Crippen molar-refractivity contribution >= 4 is 31.6 Å². The summed E-state index contributed by atoms with van der Waals surface area (Å²) >= 11 is 3.41. The second-order valence-electron chi connectivity index (χ2n) is 4.24. The third-order valence-electron chi connectivity index (χ3n) is 2.81. The molecule has 2 rings (SSSR count). The highest BCUT2D eigenvalue weighted by Crippen LogP contribution is 2.21. The van der Waals surface area contributed by atoms with Crippen LogP contribution in [0.2, 0.25) is 0 Å². The van der Waals surface area contributed by atoms with Gasteiger partial charge in [0, 0.05) is 10.2 Å². The first-order valence-corrected chi connectivity index (χ1v) is 8.22. The summed E-state index contributed by atoms with van der Waals surface area (Å²) in [6.45, 7) is 2.41. The van der Waals surface area contributed by atoms with Crippen LogP contribution in [0, 0.1) is 6.92 Å². The monoisotopic (exact) mass is 358 g/mol. The molecule has 0 saturated heterocycles. The lowest BCUT2D eigenvalue weighted by Gasteiger charge is -2.08. The molecule has 20 heavy (non-hydrogen) atoms. The lowest BCUT2D eigenvalue weighted by molar-refractivity contribution is 0.417. The van der Waals surface area contributed by atoms with E-state index in [1.54, 1.807) is 6.07 Å². The molecule has 0 aliphatic rings. The average Bonchev–Trinajstić information content (AvgIpc) is 2.87. The Bertz CT molecular complexity index is 710. The quantitative estimate of drug-likeness (QED) is 0.861. The maximum Gasteiger partial charge on any atom is 0.273 e. The molecule has 0 amide bonds. The molecular weight excluding hydrogens is 344 g/mol. The molecule has 2 N–H and O–H groups in total. The zero-order valence-electron chi connectivity index (χ0n) is 11.1. The van der Waals surface area contributed by atoms with Gasteiger partial charge in [-0.25, -0.2) is 13.1 Å². The van der Waals surface area contributed by atoms with Crippen molar-refractivity contribution in [3.05, 3.63) is 46.1 Å². The van der Waals surface area contributed by atoms with Crippen LogP contribution in [0.1, 0.15) is 11.3 Å². The molecule has 0 unspecified atom stereocenters. The van der Waals surface area contributed by atoms with Gasteiger partial charge in [0.05, 0.1) is 6.54 Å². The summed E-state index contributed by atoms with van der Waals surface area (Å²) in [6.07, 6.45) is 0. The molecule has 0 bridgehead atoms. The van der Waals surface area contributed by atoms with Gasteiger partial charge in [0.15, 0.2) is 0 Å². The maximum atomic E-state index is 11.5. The van der Waals surface area contributed by atoms with Gasteiger partial charge in [0.1, 0.15) is 5.76 Å². The van der Waals surface area contributed by atoms with Gasteiger partial charge in [0.2, 0.25) is 5.09 Å². The van der Waals surface area contributed by atoms with E-state index in [-0.39, 0.29) is 5.09 Å². The van der Waals surface area contributed by atoms with Crippen molar-refractivity contribution in [1.29, 1.82) is 0 Å². The van der Waals surface area contributed by atoms with Crippen LogP contribution in [-0.4, -0.2) is 15.5 Å². The Kier molecular flexibility index (Phi) is 4.52. The van der Waals surface area contributed by atoms with Crippen LogP contribution in [0.4, 0.5) is 5.69 Å². The van der Waals surface area contributed by atoms with E-state index >= 15 is 0 Å². The van der Waals surface area contributed by atoms with E-state index in [9.17, 15) is 8.42 Å². The fraction of sp³-hybridized carbons (Fsp3) is 0.231. The van der Waals surface area contributed by atoms with Crippen LogP contribution < -0.4 is 10.0 Å². The number of benzene rings is 1. The molecule has 2 aromatic rings. The van der Waals surface area contributed by atoms with E-state index in [2.05, 4.69) is 26.0 Å². The Morgan fingerprint density at radius 2 is 2.00 bits per heavy atom. The van der Waals surface area contributed by atoms with E-state index in [1.807, 2.05) is 25.1 Å². The molecule has 1 heterocycles. The van der Waals surface area contributed by atoms with Crippen LogP contribution in [0.25, 0.3) is 0 Å². The number of anilines is 1. The number of rotatable bonds is 5. The number of halogens is 1. The van der Waals surface area contributed by atoms with E-state index < -0.39 is 10.0 Å². The molecule has 0 atom stereocenters. The van der Waals surface area contributed by atoms with Crippen molar-refractivity contribution in [2.24, 2.45) is 0 Å². The minimum absolute atomic E-state index is 0.0793. The summed E-state index contributed by atoms with van der Waals surface area (Å²) in [5, 5.41) is 3.13. The van der Waals surface area contributed by atoms with Crippen molar-refractivity contribution in [1.82, 2.24) is 4.72 Å². The molecule has 0 fully saturated rings. The first-order valence-electron chi connectivity index (χ1n) is 5.94. The highest BCUT2D eigenvalue weighted by Gasteiger charge is 2.16. The van der Waals surface area contributed by atoms with Gasteiger partial charge in [-0.15, -0.1) is 0 Å². The summed E-state index contributed by atoms with van der Waals surface area (Å²) in [4.78, 5) is 0. The molecule has 7 heteroatoms. The van der Waals surface area contributed by atoms with E-state index in [1.165, 1.54) is 13.1 Å². The van der Waals surface area contributed by atoms with Crippen LogP contribution in [0.5, 0.6) is 0 Å². The highest BCUT2D eigenvalue weighted by atomic mass is 79.9. The van der Waals surface area contributed by atoms with Crippen molar-refractivity contribution < 1.29 is 12.8 Å². The number of hydrogen-bond acceptors (Lipinski definition) is 4. The van der Waals surface area contributed by atoms with Gasteiger partial charge in [-0.05, 0) is 49.9 Å². The summed E-state index contributed by atoms with van der Waals surface area (Å²) in [5.74, 6) is 0.557. The summed E-state index contributed by atoms with van der Waals surface area (Å²) in [7, 11) is -2.18. The molecule has 0 aliphatic carbocycles. The minimum atomic E-state index is -3.52. The molecule has 0 saturated carbocycles. The number of furan rings is 1. The highest BCUT2D eigenvalue weighted by molar-refractivity contribution is 9.10. The van der Waals surface area contributed by atoms with Crippen molar-refractivity contribution in [2.75, 3.05) is 12.4 Å². The molecule has 1 aromatic carbocycles. The topological polar surface area (TPSA) is 71.3 Å². The van der Waals surface area contributed by atoms with Crippen molar-refractivity contribution in [3.63, 3.8) is 0 Å². The van der Waals surface area contributed by atoms with Crippen LogP contribution in [0.15, 0.2) is 44.3 Å². The van der Waals surface area contributed by atoms with E-state index in [0.29, 0.717) is 12.3 Å². The predicted molar refractivity (Wildman–Crippen MR) is 81.2 cm³/mol. The number of nitrogens with one attached hydrogen (secondary N) is 2. The summed E-state index contributed by atoms with van der Waals surface area (Å²) < 4.78 is 31.6. The van der Waals surface area contributed by atoms with Crippen LogP contribution in [0.3, 0.4) is 0 Å². The molecule has 1 aromatic heterocycles. The lowest BCUT2D eigenvalue weighted by atomic mass is 10.2.